The first-order valence-corrected chi connectivity index (χ1v) is 12.6. The van der Waals surface area contributed by atoms with Gasteiger partial charge in [-0.05, 0) is 67.3 Å². The van der Waals surface area contributed by atoms with Gasteiger partial charge in [0.25, 0.3) is 5.56 Å². The van der Waals surface area contributed by atoms with Gasteiger partial charge in [-0.15, -0.1) is 5.10 Å². The van der Waals surface area contributed by atoms with Crippen molar-refractivity contribution in [3.8, 4) is 5.75 Å². The van der Waals surface area contributed by atoms with Gasteiger partial charge in [0.15, 0.2) is 5.82 Å². The van der Waals surface area contributed by atoms with Gasteiger partial charge in [0, 0.05) is 42.8 Å². The van der Waals surface area contributed by atoms with Crippen molar-refractivity contribution in [1.29, 1.82) is 0 Å². The average molecular weight is 485 g/mol. The number of tetrazole rings is 1. The van der Waals surface area contributed by atoms with E-state index in [0.29, 0.717) is 38.2 Å². The third-order valence-corrected chi connectivity index (χ3v) is 6.44. The summed E-state index contributed by atoms with van der Waals surface area (Å²) in [4.78, 5) is 18.2. The molecule has 190 valence electrons. The van der Waals surface area contributed by atoms with Crippen molar-refractivity contribution in [3.05, 3.63) is 46.0 Å². The van der Waals surface area contributed by atoms with Crippen LogP contribution in [0.4, 0.5) is 0 Å². The van der Waals surface area contributed by atoms with Crippen molar-refractivity contribution >= 4 is 10.9 Å². The normalized spacial score (nSPS) is 16.9. The molecule has 0 radical (unpaired) electrons. The predicted molar refractivity (Wildman–Crippen MR) is 132 cm³/mol. The summed E-state index contributed by atoms with van der Waals surface area (Å²) in [6, 6.07) is 7.52. The molecule has 1 fully saturated rings. The van der Waals surface area contributed by atoms with Crippen LogP contribution in [-0.4, -0.2) is 67.7 Å². The number of fused-ring (bicyclic) bond motifs is 1. The summed E-state index contributed by atoms with van der Waals surface area (Å²) < 4.78 is 13.3. The van der Waals surface area contributed by atoms with Gasteiger partial charge in [-0.1, -0.05) is 13.3 Å². The summed E-state index contributed by atoms with van der Waals surface area (Å²) >= 11 is 0. The zero-order chi connectivity index (χ0) is 24.6. The largest absolute Gasteiger partial charge is 0.494 e. The van der Waals surface area contributed by atoms with Crippen LogP contribution in [0, 0.1) is 0 Å². The minimum absolute atomic E-state index is 0.0714. The van der Waals surface area contributed by atoms with Crippen molar-refractivity contribution < 1.29 is 14.6 Å². The number of nitrogens with one attached hydrogen (secondary N) is 1. The maximum Gasteiger partial charge on any atom is 0.252 e. The van der Waals surface area contributed by atoms with Crippen LogP contribution in [0.15, 0.2) is 29.1 Å². The Balaban J connectivity index is 1.64. The maximum absolute atomic E-state index is 13.0. The highest BCUT2D eigenvalue weighted by Gasteiger charge is 2.28. The van der Waals surface area contributed by atoms with E-state index in [0.717, 1.165) is 54.8 Å². The molecule has 10 nitrogen and oxygen atoms in total. The van der Waals surface area contributed by atoms with Crippen LogP contribution in [-0.2, 0) is 17.8 Å². The predicted octanol–water partition coefficient (Wildman–Crippen LogP) is 2.82. The number of aromatic nitrogens is 5. The highest BCUT2D eigenvalue weighted by atomic mass is 16.5. The summed E-state index contributed by atoms with van der Waals surface area (Å²) in [7, 11) is 0. The second-order valence-electron chi connectivity index (χ2n) is 9.01. The number of benzene rings is 1. The summed E-state index contributed by atoms with van der Waals surface area (Å²) in [6.07, 6.45) is 4.53. The number of nitrogens with zero attached hydrogens (tertiary/aromatic N) is 5. The number of aromatic amines is 1. The standard InChI is InChI=1S/C25H36N6O4/c1-3-7-23(24-27-28-29-31(24)17-21-8-5-13-35-21)30(11-6-12-32)16-19-14-18-15-20(34-4-2)9-10-22(18)26-25(19)33/h9-10,14-15,21,23,32H,3-8,11-13,16-17H2,1-2H3,(H,26,33)/t21-,23+/m0/s1. The Morgan fingerprint density at radius 3 is 2.97 bits per heavy atom. The molecule has 1 aliphatic heterocycles. The van der Waals surface area contributed by atoms with Crippen molar-refractivity contribution in [2.75, 3.05) is 26.4 Å². The zero-order valence-electron chi connectivity index (χ0n) is 20.7. The van der Waals surface area contributed by atoms with E-state index in [4.69, 9.17) is 9.47 Å². The van der Waals surface area contributed by atoms with Gasteiger partial charge in [-0.2, -0.15) is 0 Å². The van der Waals surface area contributed by atoms with Gasteiger partial charge in [0.1, 0.15) is 5.75 Å². The lowest BCUT2D eigenvalue weighted by Crippen LogP contribution is -2.34. The van der Waals surface area contributed by atoms with Crippen LogP contribution in [0.5, 0.6) is 5.75 Å². The van der Waals surface area contributed by atoms with E-state index in [-0.39, 0.29) is 24.3 Å². The molecule has 3 aromatic rings. The van der Waals surface area contributed by atoms with Crippen molar-refractivity contribution in [1.82, 2.24) is 30.1 Å². The number of ether oxygens (including phenoxy) is 2. The third kappa shape index (κ3) is 6.25. The summed E-state index contributed by atoms with van der Waals surface area (Å²) in [5.74, 6) is 1.54. The molecule has 1 aromatic carbocycles. The van der Waals surface area contributed by atoms with Gasteiger partial charge in [0.05, 0.1) is 25.3 Å². The van der Waals surface area contributed by atoms with Crippen molar-refractivity contribution in [3.63, 3.8) is 0 Å². The van der Waals surface area contributed by atoms with Gasteiger partial charge >= 0.3 is 0 Å². The van der Waals surface area contributed by atoms with Crippen molar-refractivity contribution in [2.45, 2.75) is 71.2 Å². The monoisotopic (exact) mass is 484 g/mol. The molecular weight excluding hydrogens is 448 g/mol. The molecule has 0 amide bonds. The molecule has 0 spiro atoms. The summed E-state index contributed by atoms with van der Waals surface area (Å²) in [5.41, 5.74) is 1.31. The van der Waals surface area contributed by atoms with Crippen LogP contribution < -0.4 is 10.3 Å². The van der Waals surface area contributed by atoms with Gasteiger partial charge < -0.3 is 19.6 Å². The van der Waals surface area contributed by atoms with Gasteiger partial charge in [-0.25, -0.2) is 4.68 Å². The first-order valence-electron chi connectivity index (χ1n) is 12.6. The molecule has 1 saturated heterocycles. The quantitative estimate of drug-likeness (QED) is 0.380. The Bertz CT molecular complexity index is 1140. The van der Waals surface area contributed by atoms with E-state index < -0.39 is 0 Å². The minimum Gasteiger partial charge on any atom is -0.494 e. The lowest BCUT2D eigenvalue weighted by molar-refractivity contribution is 0.0885. The van der Waals surface area contributed by atoms with Crippen LogP contribution >= 0.6 is 0 Å². The molecule has 2 aromatic heterocycles. The van der Waals surface area contributed by atoms with Crippen LogP contribution in [0.25, 0.3) is 10.9 Å². The maximum atomic E-state index is 13.0. The van der Waals surface area contributed by atoms with E-state index in [1.165, 1.54) is 0 Å². The molecule has 3 heterocycles. The average Bonchev–Trinajstić information content (AvgIpc) is 3.54. The Labute approximate surface area is 205 Å². The SMILES string of the molecule is CCC[C@H](c1nnnn1C[C@@H]1CCCO1)N(CCCO)Cc1cc2cc(OCC)ccc2[nH]c1=O. The molecule has 1 aliphatic rings. The molecule has 4 rings (SSSR count). The molecule has 2 N–H and O–H groups in total. The van der Waals surface area contributed by atoms with E-state index in [9.17, 15) is 9.90 Å². The van der Waals surface area contributed by atoms with Gasteiger partial charge in [-0.3, -0.25) is 9.69 Å². The van der Waals surface area contributed by atoms with E-state index >= 15 is 0 Å². The summed E-state index contributed by atoms with van der Waals surface area (Å²) in [5, 5.41) is 23.1. The number of H-pyrrole nitrogens is 1. The molecule has 0 bridgehead atoms. The fourth-order valence-corrected chi connectivity index (χ4v) is 4.75. The molecule has 0 aliphatic carbocycles. The number of aliphatic hydroxyl groups is 1. The lowest BCUT2D eigenvalue weighted by atomic mass is 10.1. The fourth-order valence-electron chi connectivity index (χ4n) is 4.75. The van der Waals surface area contributed by atoms with E-state index in [2.05, 4.69) is 32.3 Å². The molecule has 0 saturated carbocycles. The first-order chi connectivity index (χ1) is 17.1. The second kappa shape index (κ2) is 12.2. The van der Waals surface area contributed by atoms with E-state index in [1.54, 1.807) is 0 Å². The Hall–Kier alpha value is -2.82. The lowest BCUT2D eigenvalue weighted by Gasteiger charge is -2.31. The smallest absolute Gasteiger partial charge is 0.252 e. The first kappa shape index (κ1) is 25.3. The van der Waals surface area contributed by atoms with Crippen molar-refractivity contribution in [2.24, 2.45) is 0 Å². The highest BCUT2D eigenvalue weighted by molar-refractivity contribution is 5.80. The molecule has 10 heteroatoms. The molecule has 2 atom stereocenters. The second-order valence-corrected chi connectivity index (χ2v) is 9.01. The molecule has 35 heavy (non-hydrogen) atoms. The van der Waals surface area contributed by atoms with E-state index in [1.807, 2.05) is 35.9 Å². The number of hydrogen-bond acceptors (Lipinski definition) is 8. The number of pyridine rings is 1. The highest BCUT2D eigenvalue weighted by Crippen LogP contribution is 2.27. The fraction of sp³-hybridized carbons (Fsp3) is 0.600. The molecular formula is C25H36N6O4. The Kier molecular flexibility index (Phi) is 8.84. The minimum atomic E-state index is -0.121. The zero-order valence-corrected chi connectivity index (χ0v) is 20.7. The van der Waals surface area contributed by atoms with Crippen LogP contribution in [0.3, 0.4) is 0 Å². The number of rotatable bonds is 13. The Morgan fingerprint density at radius 1 is 1.34 bits per heavy atom. The van der Waals surface area contributed by atoms with Crippen LogP contribution in [0.1, 0.15) is 63.4 Å². The third-order valence-electron chi connectivity index (χ3n) is 6.44. The number of aliphatic hydroxyl groups excluding tert-OH is 1. The molecule has 0 unspecified atom stereocenters. The van der Waals surface area contributed by atoms with Gasteiger partial charge in [0.2, 0.25) is 0 Å². The summed E-state index contributed by atoms with van der Waals surface area (Å²) in [6.45, 7) is 7.15. The number of hydrogen-bond donors (Lipinski definition) is 2. The topological polar surface area (TPSA) is 118 Å². The Morgan fingerprint density at radius 2 is 2.23 bits per heavy atom. The van der Waals surface area contributed by atoms with Crippen LogP contribution in [0.2, 0.25) is 0 Å².